The van der Waals surface area contributed by atoms with Crippen molar-refractivity contribution in [1.82, 2.24) is 0 Å². The molecule has 0 N–H and O–H groups in total. The number of rotatable bonds is 3. The molecule has 4 unspecified atom stereocenters. The Balaban J connectivity index is 1.39. The number of amides is 2. The molecule has 4 atom stereocenters. The highest BCUT2D eigenvalue weighted by Crippen LogP contribution is 2.56. The fraction of sp³-hybridized carbons (Fsp3) is 0.391. The van der Waals surface area contributed by atoms with Crippen molar-refractivity contribution in [1.29, 1.82) is 0 Å². The van der Waals surface area contributed by atoms with E-state index >= 15 is 0 Å². The Morgan fingerprint density at radius 3 is 2.15 bits per heavy atom. The fourth-order valence-electron chi connectivity index (χ4n) is 5.29. The molecule has 3 aliphatic rings. The number of hydrogen-bond acceptors (Lipinski definition) is 3. The molecule has 2 aliphatic carbocycles. The van der Waals surface area contributed by atoms with Crippen molar-refractivity contribution >= 4 is 17.5 Å². The predicted octanol–water partition coefficient (Wildman–Crippen LogP) is 4.63. The molecule has 3 fully saturated rings. The number of benzene rings is 2. The summed E-state index contributed by atoms with van der Waals surface area (Å²) in [5.41, 5.74) is 2.94. The normalized spacial score (nSPS) is 28.7. The molecule has 4 heteroatoms. The third kappa shape index (κ3) is 2.43. The van der Waals surface area contributed by atoms with E-state index in [1.807, 2.05) is 43.3 Å². The van der Waals surface area contributed by atoms with Gasteiger partial charge in [-0.3, -0.25) is 14.5 Å². The molecule has 2 aromatic rings. The van der Waals surface area contributed by atoms with E-state index in [1.54, 1.807) is 0 Å². The van der Waals surface area contributed by atoms with Gasteiger partial charge in [-0.25, -0.2) is 0 Å². The van der Waals surface area contributed by atoms with E-state index < -0.39 is 0 Å². The van der Waals surface area contributed by atoms with Gasteiger partial charge in [0.05, 0.1) is 17.5 Å². The van der Waals surface area contributed by atoms with E-state index in [0.29, 0.717) is 23.3 Å². The van der Waals surface area contributed by atoms with E-state index in [4.69, 9.17) is 4.74 Å². The first-order valence-electron chi connectivity index (χ1n) is 9.76. The molecule has 1 saturated heterocycles. The van der Waals surface area contributed by atoms with Gasteiger partial charge in [-0.05, 0) is 86.4 Å². The van der Waals surface area contributed by atoms with E-state index in [9.17, 15) is 9.59 Å². The lowest BCUT2D eigenvalue weighted by molar-refractivity contribution is -0.123. The van der Waals surface area contributed by atoms with Crippen LogP contribution in [0.5, 0.6) is 11.5 Å². The molecule has 2 aromatic carbocycles. The maximum Gasteiger partial charge on any atom is 0.237 e. The van der Waals surface area contributed by atoms with Crippen LogP contribution in [0.25, 0.3) is 0 Å². The van der Waals surface area contributed by atoms with Gasteiger partial charge >= 0.3 is 0 Å². The molecule has 5 rings (SSSR count). The lowest BCUT2D eigenvalue weighted by Crippen LogP contribution is -2.32. The average Bonchev–Trinajstić information content (AvgIpc) is 3.34. The molecule has 0 spiro atoms. The minimum Gasteiger partial charge on any atom is -0.457 e. The summed E-state index contributed by atoms with van der Waals surface area (Å²) < 4.78 is 5.99. The summed E-state index contributed by atoms with van der Waals surface area (Å²) in [4.78, 5) is 27.3. The van der Waals surface area contributed by atoms with Gasteiger partial charge in [-0.15, -0.1) is 0 Å². The van der Waals surface area contributed by atoms with E-state index in [0.717, 1.165) is 30.6 Å². The Morgan fingerprint density at radius 2 is 1.52 bits per heavy atom. The van der Waals surface area contributed by atoms with Gasteiger partial charge in [-0.2, -0.15) is 0 Å². The van der Waals surface area contributed by atoms with Crippen LogP contribution in [0.1, 0.15) is 30.4 Å². The first-order chi connectivity index (χ1) is 13.0. The van der Waals surface area contributed by atoms with Gasteiger partial charge in [0.15, 0.2) is 0 Å². The molecule has 1 heterocycles. The standard InChI is InChI=1S/C23H23NO3/c1-13-4-3-5-19(14(13)2)27-18-10-8-17(9-11-18)24-22(25)20-15-6-7-16(12-15)21(20)23(24)26/h3-5,8-11,15-16,20-21H,6-7,12H2,1-2H3. The van der Waals surface area contributed by atoms with Crippen molar-refractivity contribution < 1.29 is 14.3 Å². The summed E-state index contributed by atoms with van der Waals surface area (Å²) in [6, 6.07) is 13.3. The van der Waals surface area contributed by atoms with Crippen LogP contribution >= 0.6 is 0 Å². The summed E-state index contributed by atoms with van der Waals surface area (Å²) in [5, 5.41) is 0. The van der Waals surface area contributed by atoms with Gasteiger partial charge in [0.25, 0.3) is 0 Å². The van der Waals surface area contributed by atoms with Crippen LogP contribution in [-0.2, 0) is 9.59 Å². The second-order valence-electron chi connectivity index (χ2n) is 8.19. The number of hydrogen-bond donors (Lipinski definition) is 0. The third-order valence-electron chi connectivity index (χ3n) is 6.81. The van der Waals surface area contributed by atoms with E-state index in [-0.39, 0.29) is 23.7 Å². The third-order valence-corrected chi connectivity index (χ3v) is 6.81. The van der Waals surface area contributed by atoms with Crippen molar-refractivity contribution in [2.24, 2.45) is 23.7 Å². The molecule has 4 nitrogen and oxygen atoms in total. The summed E-state index contributed by atoms with van der Waals surface area (Å²) in [6.45, 7) is 4.09. The van der Waals surface area contributed by atoms with Crippen LogP contribution in [0.3, 0.4) is 0 Å². The average molecular weight is 361 g/mol. The molecule has 27 heavy (non-hydrogen) atoms. The number of anilines is 1. The van der Waals surface area contributed by atoms with E-state index in [1.165, 1.54) is 10.5 Å². The molecule has 0 radical (unpaired) electrons. The first-order valence-corrected chi connectivity index (χ1v) is 9.76. The monoisotopic (exact) mass is 361 g/mol. The second kappa shape index (κ2) is 5.95. The molecular weight excluding hydrogens is 338 g/mol. The van der Waals surface area contributed by atoms with Gasteiger partial charge in [0.1, 0.15) is 11.5 Å². The van der Waals surface area contributed by atoms with Crippen LogP contribution in [0.2, 0.25) is 0 Å². The van der Waals surface area contributed by atoms with Gasteiger partial charge in [0, 0.05) is 0 Å². The molecule has 1 aliphatic heterocycles. The zero-order chi connectivity index (χ0) is 18.7. The van der Waals surface area contributed by atoms with Crippen molar-refractivity contribution in [2.75, 3.05) is 4.90 Å². The lowest BCUT2D eigenvalue weighted by Gasteiger charge is -2.19. The molecule has 2 saturated carbocycles. The van der Waals surface area contributed by atoms with Gasteiger partial charge in [-0.1, -0.05) is 12.1 Å². The number of nitrogens with zero attached hydrogens (tertiary/aromatic N) is 1. The Labute approximate surface area is 159 Å². The zero-order valence-electron chi connectivity index (χ0n) is 15.6. The SMILES string of the molecule is Cc1cccc(Oc2ccc(N3C(=O)C4C5CCC(C5)C4C3=O)cc2)c1C. The Kier molecular flexibility index (Phi) is 3.64. The Hall–Kier alpha value is -2.62. The van der Waals surface area contributed by atoms with Crippen LogP contribution in [0, 0.1) is 37.5 Å². The number of fused-ring (bicyclic) bond motifs is 5. The molecular formula is C23H23NO3. The van der Waals surface area contributed by atoms with Crippen molar-refractivity contribution in [3.63, 3.8) is 0 Å². The van der Waals surface area contributed by atoms with Crippen LogP contribution in [0.4, 0.5) is 5.69 Å². The second-order valence-corrected chi connectivity index (χ2v) is 8.19. The summed E-state index contributed by atoms with van der Waals surface area (Å²) in [5.74, 6) is 2.18. The van der Waals surface area contributed by atoms with Gasteiger partial charge in [0.2, 0.25) is 11.8 Å². The largest absolute Gasteiger partial charge is 0.457 e. The fourth-order valence-corrected chi connectivity index (χ4v) is 5.29. The number of ether oxygens (including phenoxy) is 1. The Bertz CT molecular complexity index is 905. The maximum atomic E-state index is 12.9. The van der Waals surface area contributed by atoms with Crippen molar-refractivity contribution in [3.8, 4) is 11.5 Å². The summed E-state index contributed by atoms with van der Waals surface area (Å²) in [6.07, 6.45) is 3.26. The zero-order valence-corrected chi connectivity index (χ0v) is 15.6. The summed E-state index contributed by atoms with van der Waals surface area (Å²) in [7, 11) is 0. The number of carbonyl (C=O) groups is 2. The maximum absolute atomic E-state index is 12.9. The topological polar surface area (TPSA) is 46.6 Å². The van der Waals surface area contributed by atoms with Crippen LogP contribution in [0.15, 0.2) is 42.5 Å². The highest BCUT2D eigenvalue weighted by Gasteiger charge is 2.61. The molecule has 138 valence electrons. The minimum atomic E-state index is -0.0814. The number of imide groups is 1. The molecule has 2 amide bonds. The molecule has 0 aromatic heterocycles. The van der Waals surface area contributed by atoms with Crippen LogP contribution in [-0.4, -0.2) is 11.8 Å². The number of carbonyl (C=O) groups excluding carboxylic acids is 2. The van der Waals surface area contributed by atoms with E-state index in [2.05, 4.69) is 13.0 Å². The van der Waals surface area contributed by atoms with Gasteiger partial charge < -0.3 is 4.74 Å². The van der Waals surface area contributed by atoms with Crippen molar-refractivity contribution in [3.05, 3.63) is 53.6 Å². The predicted molar refractivity (Wildman–Crippen MR) is 103 cm³/mol. The van der Waals surface area contributed by atoms with Crippen LogP contribution < -0.4 is 9.64 Å². The highest BCUT2D eigenvalue weighted by molar-refractivity contribution is 6.22. The minimum absolute atomic E-state index is 0.000368. The quantitative estimate of drug-likeness (QED) is 0.749. The van der Waals surface area contributed by atoms with Crippen molar-refractivity contribution in [2.45, 2.75) is 33.1 Å². The summed E-state index contributed by atoms with van der Waals surface area (Å²) >= 11 is 0. The highest BCUT2D eigenvalue weighted by atomic mass is 16.5. The lowest BCUT2D eigenvalue weighted by atomic mass is 9.81. The Morgan fingerprint density at radius 1 is 0.889 bits per heavy atom. The number of aryl methyl sites for hydroxylation is 1. The smallest absolute Gasteiger partial charge is 0.237 e. The first kappa shape index (κ1) is 16.5. The molecule has 2 bridgehead atoms.